The minimum Gasteiger partial charge on any atom is -0.493 e. The fourth-order valence-corrected chi connectivity index (χ4v) is 5.85. The van der Waals surface area contributed by atoms with Crippen LogP contribution in [0.25, 0.3) is 0 Å². The van der Waals surface area contributed by atoms with Crippen molar-refractivity contribution < 1.29 is 18.3 Å². The highest BCUT2D eigenvalue weighted by Crippen LogP contribution is 2.53. The van der Waals surface area contributed by atoms with Gasteiger partial charge in [0.1, 0.15) is 0 Å². The predicted octanol–water partition coefficient (Wildman–Crippen LogP) is 4.86. The van der Waals surface area contributed by atoms with Crippen LogP contribution in [-0.4, -0.2) is 19.8 Å². The maximum atomic E-state index is 12.5. The molecule has 3 nitrogen and oxygen atoms in total. The summed E-state index contributed by atoms with van der Waals surface area (Å²) in [6, 6.07) is 3.98. The Hall–Kier alpha value is -1.07. The lowest BCUT2D eigenvalue weighted by Crippen LogP contribution is -2.54. The Morgan fingerprint density at radius 2 is 1.76 bits per heavy atom. The summed E-state index contributed by atoms with van der Waals surface area (Å²) in [5, 5.41) is 3.87. The van der Waals surface area contributed by atoms with Gasteiger partial charge in [0.05, 0.1) is 12.1 Å². The second-order valence-corrected chi connectivity index (χ2v) is 8.23. The molecule has 0 spiro atoms. The molecular weight excluding hydrogens is 348 g/mol. The van der Waals surface area contributed by atoms with Crippen molar-refractivity contribution in [2.45, 2.75) is 51.3 Å². The van der Waals surface area contributed by atoms with Crippen molar-refractivity contribution in [2.75, 3.05) is 7.11 Å². The Morgan fingerprint density at radius 3 is 2.32 bits per heavy atom. The van der Waals surface area contributed by atoms with Crippen molar-refractivity contribution in [1.82, 2.24) is 5.32 Å². The van der Waals surface area contributed by atoms with E-state index in [1.807, 2.05) is 0 Å². The molecule has 0 saturated heterocycles. The Labute approximate surface area is 152 Å². The van der Waals surface area contributed by atoms with E-state index in [0.29, 0.717) is 12.6 Å². The zero-order chi connectivity index (χ0) is 17.6. The van der Waals surface area contributed by atoms with Gasteiger partial charge < -0.3 is 14.8 Å². The largest absolute Gasteiger partial charge is 0.493 e. The minimum absolute atomic E-state index is 0.0995. The highest BCUT2D eigenvalue weighted by molar-refractivity contribution is 6.32. The van der Waals surface area contributed by atoms with Gasteiger partial charge in [0.2, 0.25) is 0 Å². The lowest BCUT2D eigenvalue weighted by atomic mass is 9.54. The van der Waals surface area contributed by atoms with E-state index in [2.05, 4.69) is 10.1 Å². The van der Waals surface area contributed by atoms with Gasteiger partial charge in [-0.2, -0.15) is 8.78 Å². The first-order chi connectivity index (χ1) is 12.0. The number of benzene rings is 1. The molecule has 5 rings (SSSR count). The maximum absolute atomic E-state index is 12.5. The molecule has 4 bridgehead atoms. The topological polar surface area (TPSA) is 30.5 Å². The van der Waals surface area contributed by atoms with Crippen molar-refractivity contribution >= 4 is 11.6 Å². The molecule has 0 radical (unpaired) electrons. The van der Waals surface area contributed by atoms with E-state index in [0.717, 1.165) is 29.2 Å². The van der Waals surface area contributed by atoms with E-state index in [1.165, 1.54) is 39.2 Å². The molecule has 0 heterocycles. The minimum atomic E-state index is -2.93. The molecule has 0 unspecified atom stereocenters. The molecule has 1 N–H and O–H groups in total. The lowest BCUT2D eigenvalue weighted by molar-refractivity contribution is -0.0511. The third-order valence-electron chi connectivity index (χ3n) is 6.26. The summed E-state index contributed by atoms with van der Waals surface area (Å²) in [7, 11) is 1.43. The fraction of sp³-hybridized carbons (Fsp3) is 0.684. The summed E-state index contributed by atoms with van der Waals surface area (Å²) in [6.45, 7) is -2.26. The van der Waals surface area contributed by atoms with E-state index in [4.69, 9.17) is 16.3 Å². The van der Waals surface area contributed by atoms with Crippen LogP contribution in [0.1, 0.15) is 37.7 Å². The molecule has 4 fully saturated rings. The van der Waals surface area contributed by atoms with Gasteiger partial charge in [-0.05, 0) is 73.5 Å². The number of alkyl halides is 2. The molecule has 4 saturated carbocycles. The summed E-state index contributed by atoms with van der Waals surface area (Å²) in [6.07, 6.45) is 6.87. The normalized spacial score (nSPS) is 33.1. The molecular formula is C19H24ClF2NO2. The van der Waals surface area contributed by atoms with E-state index >= 15 is 0 Å². The van der Waals surface area contributed by atoms with E-state index < -0.39 is 6.61 Å². The summed E-state index contributed by atoms with van der Waals surface area (Å²) in [5.74, 6) is 3.61. The molecule has 6 heteroatoms. The van der Waals surface area contributed by atoms with Gasteiger partial charge >= 0.3 is 6.61 Å². The van der Waals surface area contributed by atoms with Crippen molar-refractivity contribution in [3.05, 3.63) is 22.7 Å². The zero-order valence-electron chi connectivity index (χ0n) is 14.3. The van der Waals surface area contributed by atoms with Crippen LogP contribution in [0.2, 0.25) is 5.02 Å². The van der Waals surface area contributed by atoms with Crippen LogP contribution in [0.5, 0.6) is 11.5 Å². The van der Waals surface area contributed by atoms with E-state index in [9.17, 15) is 8.78 Å². The lowest BCUT2D eigenvalue weighted by Gasteiger charge is -2.54. The molecule has 0 amide bonds. The smallest absolute Gasteiger partial charge is 0.387 e. The van der Waals surface area contributed by atoms with Crippen molar-refractivity contribution in [3.63, 3.8) is 0 Å². The number of ether oxygens (including phenoxy) is 2. The molecule has 4 aliphatic carbocycles. The first-order valence-corrected chi connectivity index (χ1v) is 9.46. The number of rotatable bonds is 6. The van der Waals surface area contributed by atoms with Crippen molar-refractivity contribution in [1.29, 1.82) is 0 Å². The predicted molar refractivity (Wildman–Crippen MR) is 92.3 cm³/mol. The molecule has 1 aromatic rings. The van der Waals surface area contributed by atoms with Gasteiger partial charge in [-0.25, -0.2) is 0 Å². The summed E-state index contributed by atoms with van der Waals surface area (Å²) < 4.78 is 34.7. The van der Waals surface area contributed by atoms with Crippen molar-refractivity contribution in [2.24, 2.45) is 23.7 Å². The molecule has 138 valence electrons. The average molecular weight is 372 g/mol. The number of halogens is 3. The van der Waals surface area contributed by atoms with Crippen LogP contribution in [-0.2, 0) is 6.54 Å². The average Bonchev–Trinajstić information content (AvgIpc) is 2.55. The van der Waals surface area contributed by atoms with Crippen LogP contribution in [0.3, 0.4) is 0 Å². The summed E-state index contributed by atoms with van der Waals surface area (Å²) in [5.41, 5.74) is 0.928. The standard InChI is InChI=1S/C19H24ClF2NO2/c1-24-16-8-12(7-15(20)18(16)25-19(21)22)9-23-17-13-3-10-2-11(5-13)6-14(17)4-10/h7-8,10-11,13-14,17,19,23H,2-6,9H2,1H3. The fourth-order valence-electron chi connectivity index (χ4n) is 5.57. The van der Waals surface area contributed by atoms with Crippen LogP contribution < -0.4 is 14.8 Å². The Balaban J connectivity index is 1.45. The van der Waals surface area contributed by atoms with E-state index in [-0.39, 0.29) is 16.5 Å². The van der Waals surface area contributed by atoms with Gasteiger partial charge in [0.15, 0.2) is 11.5 Å². The molecule has 0 atom stereocenters. The van der Waals surface area contributed by atoms with E-state index in [1.54, 1.807) is 12.1 Å². The van der Waals surface area contributed by atoms with Gasteiger partial charge in [-0.15, -0.1) is 0 Å². The number of hydrogen-bond donors (Lipinski definition) is 1. The Morgan fingerprint density at radius 1 is 1.12 bits per heavy atom. The number of hydrogen-bond acceptors (Lipinski definition) is 3. The van der Waals surface area contributed by atoms with Crippen LogP contribution >= 0.6 is 11.6 Å². The summed E-state index contributed by atoms with van der Waals surface area (Å²) in [4.78, 5) is 0. The quantitative estimate of drug-likeness (QED) is 0.774. The van der Waals surface area contributed by atoms with Crippen LogP contribution in [0, 0.1) is 23.7 Å². The number of methoxy groups -OCH3 is 1. The first kappa shape index (κ1) is 17.3. The van der Waals surface area contributed by atoms with Crippen LogP contribution in [0.15, 0.2) is 12.1 Å². The second kappa shape index (κ2) is 6.92. The highest BCUT2D eigenvalue weighted by Gasteiger charge is 2.47. The third-order valence-corrected chi connectivity index (χ3v) is 6.55. The number of nitrogens with one attached hydrogen (secondary N) is 1. The van der Waals surface area contributed by atoms with Gasteiger partial charge in [-0.3, -0.25) is 0 Å². The monoisotopic (exact) mass is 371 g/mol. The summed E-state index contributed by atoms with van der Waals surface area (Å²) >= 11 is 6.13. The van der Waals surface area contributed by atoms with Gasteiger partial charge in [0, 0.05) is 12.6 Å². The highest BCUT2D eigenvalue weighted by atomic mass is 35.5. The van der Waals surface area contributed by atoms with Crippen LogP contribution in [0.4, 0.5) is 8.78 Å². The molecule has 4 aliphatic rings. The molecule has 0 aromatic heterocycles. The molecule has 25 heavy (non-hydrogen) atoms. The third kappa shape index (κ3) is 3.45. The first-order valence-electron chi connectivity index (χ1n) is 9.08. The van der Waals surface area contributed by atoms with Gasteiger partial charge in [0.25, 0.3) is 0 Å². The Bertz CT molecular complexity index is 612. The van der Waals surface area contributed by atoms with Crippen molar-refractivity contribution in [3.8, 4) is 11.5 Å². The van der Waals surface area contributed by atoms with Gasteiger partial charge in [-0.1, -0.05) is 11.6 Å². The second-order valence-electron chi connectivity index (χ2n) is 7.82. The maximum Gasteiger partial charge on any atom is 0.387 e. The Kier molecular flexibility index (Phi) is 4.80. The SMILES string of the molecule is COc1cc(CNC2C3CC4CC(C3)CC2C4)cc(Cl)c1OC(F)F. The molecule has 0 aliphatic heterocycles. The molecule has 1 aromatic carbocycles. The zero-order valence-corrected chi connectivity index (χ0v) is 15.1.